The Morgan fingerprint density at radius 1 is 1.50 bits per heavy atom. The Bertz CT molecular complexity index is 178. The van der Waals surface area contributed by atoms with Gasteiger partial charge in [-0.15, -0.1) is 0 Å². The van der Waals surface area contributed by atoms with Gasteiger partial charge >= 0.3 is 0 Å². The van der Waals surface area contributed by atoms with Crippen LogP contribution in [-0.4, -0.2) is 18.7 Å². The van der Waals surface area contributed by atoms with Gasteiger partial charge in [0.15, 0.2) is 0 Å². The maximum absolute atomic E-state index is 5.81. The summed E-state index contributed by atoms with van der Waals surface area (Å²) in [7, 11) is 0. The lowest BCUT2D eigenvalue weighted by atomic mass is 9.83. The molecule has 2 bridgehead atoms. The van der Waals surface area contributed by atoms with Crippen molar-refractivity contribution in [1.82, 2.24) is 0 Å². The third-order valence-corrected chi connectivity index (χ3v) is 2.32. The van der Waals surface area contributed by atoms with Crippen LogP contribution < -0.4 is 11.5 Å². The Hall–Kier alpha value is -0.540. The van der Waals surface area contributed by atoms with Crippen LogP contribution in [0.4, 0.5) is 0 Å². The third kappa shape index (κ3) is 0.744. The van der Waals surface area contributed by atoms with E-state index in [1.807, 2.05) is 6.08 Å². The number of ether oxygens (including phenoxy) is 1. The summed E-state index contributed by atoms with van der Waals surface area (Å²) in [5, 5.41) is 0. The molecule has 3 rings (SSSR count). The molecule has 3 unspecified atom stereocenters. The first-order valence-corrected chi connectivity index (χ1v) is 3.62. The van der Waals surface area contributed by atoms with Gasteiger partial charge in [0.1, 0.15) is 0 Å². The predicted octanol–water partition coefficient (Wildman–Crippen LogP) is -0.425. The molecule has 3 atom stereocenters. The van der Waals surface area contributed by atoms with E-state index in [1.165, 1.54) is 0 Å². The normalized spacial score (nSPS) is 44.6. The van der Waals surface area contributed by atoms with Crippen LogP contribution in [0.3, 0.4) is 0 Å². The molecule has 3 nitrogen and oxygen atoms in total. The minimum Gasteiger partial charge on any atom is -0.498 e. The minimum absolute atomic E-state index is 0.132. The van der Waals surface area contributed by atoms with Crippen molar-refractivity contribution in [2.75, 3.05) is 6.61 Å². The van der Waals surface area contributed by atoms with E-state index in [2.05, 4.69) is 0 Å². The van der Waals surface area contributed by atoms with E-state index in [1.54, 1.807) is 0 Å². The molecule has 1 aliphatic carbocycles. The number of fused-ring (bicyclic) bond motifs is 3. The Balaban J connectivity index is 2.26. The summed E-state index contributed by atoms with van der Waals surface area (Å²) in [4.78, 5) is 0. The second kappa shape index (κ2) is 1.97. The molecule has 1 fully saturated rings. The van der Waals surface area contributed by atoms with E-state index >= 15 is 0 Å². The highest BCUT2D eigenvalue weighted by molar-refractivity contribution is 5.14. The van der Waals surface area contributed by atoms with Gasteiger partial charge in [0.2, 0.25) is 0 Å². The molecular weight excluding hydrogens is 128 g/mol. The first kappa shape index (κ1) is 6.19. The van der Waals surface area contributed by atoms with Crippen LogP contribution in [-0.2, 0) is 4.74 Å². The maximum atomic E-state index is 5.81. The quantitative estimate of drug-likeness (QED) is 0.480. The van der Waals surface area contributed by atoms with Crippen LogP contribution in [0.25, 0.3) is 0 Å². The molecule has 0 aromatic carbocycles. The molecule has 1 saturated heterocycles. The van der Waals surface area contributed by atoms with Gasteiger partial charge in [0.05, 0.1) is 12.4 Å². The average Bonchev–Trinajstić information content (AvgIpc) is 1.86. The summed E-state index contributed by atoms with van der Waals surface area (Å²) in [6.45, 7) is 0.716. The van der Waals surface area contributed by atoms with Gasteiger partial charge in [-0.2, -0.15) is 0 Å². The van der Waals surface area contributed by atoms with Gasteiger partial charge in [0, 0.05) is 24.4 Å². The number of hydrogen-bond acceptors (Lipinski definition) is 3. The van der Waals surface area contributed by atoms with Gasteiger partial charge in [-0.3, -0.25) is 0 Å². The van der Waals surface area contributed by atoms with Crippen LogP contribution in [0.5, 0.6) is 0 Å². The molecular formula is C7H12N2O. The molecule has 0 spiro atoms. The van der Waals surface area contributed by atoms with Crippen molar-refractivity contribution in [3.05, 3.63) is 11.8 Å². The predicted molar refractivity (Wildman–Crippen MR) is 38.1 cm³/mol. The first-order chi connectivity index (χ1) is 4.77. The number of nitrogens with two attached hydrogens (primary N) is 2. The molecule has 0 amide bonds. The van der Waals surface area contributed by atoms with Crippen LogP contribution >= 0.6 is 0 Å². The maximum Gasteiger partial charge on any atom is 0.0951 e. The molecule has 3 aliphatic rings. The molecule has 0 saturated carbocycles. The highest BCUT2D eigenvalue weighted by Crippen LogP contribution is 2.29. The largest absolute Gasteiger partial charge is 0.498 e. The molecule has 0 radical (unpaired) electrons. The summed E-state index contributed by atoms with van der Waals surface area (Å²) in [6.07, 6.45) is 2.86. The highest BCUT2D eigenvalue weighted by Gasteiger charge is 2.34. The standard InChI is InChI=1S/C7H12N2O/c8-6-1-4-2-7(9)5(6)3-10-4/h1,5-7H,2-3,8-9H2. The SMILES string of the molecule is NC1C=C2CC(N)C1CO2. The zero-order valence-electron chi connectivity index (χ0n) is 5.79. The van der Waals surface area contributed by atoms with Gasteiger partial charge in [-0.05, 0) is 6.08 Å². The van der Waals surface area contributed by atoms with E-state index in [0.717, 1.165) is 12.2 Å². The van der Waals surface area contributed by atoms with Crippen LogP contribution in [0, 0.1) is 5.92 Å². The fourth-order valence-electron chi connectivity index (χ4n) is 1.62. The Morgan fingerprint density at radius 2 is 2.30 bits per heavy atom. The van der Waals surface area contributed by atoms with Gasteiger partial charge in [-0.1, -0.05) is 0 Å². The molecule has 4 N–H and O–H groups in total. The summed E-state index contributed by atoms with van der Waals surface area (Å²) < 4.78 is 5.32. The van der Waals surface area contributed by atoms with Crippen molar-refractivity contribution in [2.45, 2.75) is 18.5 Å². The van der Waals surface area contributed by atoms with Gasteiger partial charge < -0.3 is 16.2 Å². The molecule has 0 aromatic heterocycles. The fraction of sp³-hybridized carbons (Fsp3) is 0.714. The first-order valence-electron chi connectivity index (χ1n) is 3.62. The van der Waals surface area contributed by atoms with Crippen molar-refractivity contribution < 1.29 is 4.74 Å². The molecule has 56 valence electrons. The zero-order valence-corrected chi connectivity index (χ0v) is 5.79. The van der Waals surface area contributed by atoms with E-state index in [0.29, 0.717) is 12.5 Å². The summed E-state index contributed by atoms with van der Waals surface area (Å²) in [5.41, 5.74) is 11.6. The molecule has 2 heterocycles. The topological polar surface area (TPSA) is 61.3 Å². The van der Waals surface area contributed by atoms with E-state index in [-0.39, 0.29) is 12.1 Å². The summed E-state index contributed by atoms with van der Waals surface area (Å²) in [5.74, 6) is 1.33. The lowest BCUT2D eigenvalue weighted by molar-refractivity contribution is 0.0714. The average molecular weight is 140 g/mol. The van der Waals surface area contributed by atoms with E-state index in [4.69, 9.17) is 16.2 Å². The van der Waals surface area contributed by atoms with Gasteiger partial charge in [0.25, 0.3) is 0 Å². The lowest BCUT2D eigenvalue weighted by Gasteiger charge is -2.38. The second-order valence-electron chi connectivity index (χ2n) is 3.05. The van der Waals surface area contributed by atoms with Crippen molar-refractivity contribution in [3.8, 4) is 0 Å². The number of rotatable bonds is 0. The van der Waals surface area contributed by atoms with Crippen molar-refractivity contribution in [1.29, 1.82) is 0 Å². The van der Waals surface area contributed by atoms with E-state index < -0.39 is 0 Å². The summed E-state index contributed by atoms with van der Waals surface area (Å²) in [6, 6.07) is 0.358. The van der Waals surface area contributed by atoms with Crippen molar-refractivity contribution >= 4 is 0 Å². The Labute approximate surface area is 60.0 Å². The minimum atomic E-state index is 0.132. The summed E-state index contributed by atoms with van der Waals surface area (Å²) >= 11 is 0. The second-order valence-corrected chi connectivity index (χ2v) is 3.05. The third-order valence-electron chi connectivity index (χ3n) is 2.32. The Morgan fingerprint density at radius 3 is 2.70 bits per heavy atom. The molecule has 10 heavy (non-hydrogen) atoms. The highest BCUT2D eigenvalue weighted by atomic mass is 16.5. The molecule has 3 heteroatoms. The van der Waals surface area contributed by atoms with Crippen LogP contribution in [0.2, 0.25) is 0 Å². The molecule has 0 aromatic rings. The van der Waals surface area contributed by atoms with Crippen molar-refractivity contribution in [3.63, 3.8) is 0 Å². The zero-order chi connectivity index (χ0) is 7.14. The van der Waals surface area contributed by atoms with Gasteiger partial charge in [-0.25, -0.2) is 0 Å². The number of hydrogen-bond donors (Lipinski definition) is 2. The molecule has 2 aliphatic heterocycles. The monoisotopic (exact) mass is 140 g/mol. The Kier molecular flexibility index (Phi) is 1.22. The van der Waals surface area contributed by atoms with Crippen LogP contribution in [0.1, 0.15) is 6.42 Å². The van der Waals surface area contributed by atoms with Crippen molar-refractivity contribution in [2.24, 2.45) is 17.4 Å². The van der Waals surface area contributed by atoms with E-state index in [9.17, 15) is 0 Å². The smallest absolute Gasteiger partial charge is 0.0951 e. The van der Waals surface area contributed by atoms with Crippen LogP contribution in [0.15, 0.2) is 11.8 Å². The fourth-order valence-corrected chi connectivity index (χ4v) is 1.62. The lowest BCUT2D eigenvalue weighted by Crippen LogP contribution is -2.50.